The Morgan fingerprint density at radius 3 is 2.39 bits per heavy atom. The van der Waals surface area contributed by atoms with Gasteiger partial charge in [0.25, 0.3) is 5.91 Å². The van der Waals surface area contributed by atoms with Gasteiger partial charge in [0.15, 0.2) is 0 Å². The molecule has 166 valence electrons. The molecule has 0 radical (unpaired) electrons. The molecule has 0 saturated heterocycles. The average molecular weight is 460 g/mol. The summed E-state index contributed by atoms with van der Waals surface area (Å²) in [6, 6.07) is 23.4. The fourth-order valence-electron chi connectivity index (χ4n) is 3.46. The number of ether oxygens (including phenoxy) is 2. The van der Waals surface area contributed by atoms with Crippen LogP contribution >= 0.6 is 11.3 Å². The Hall–Kier alpha value is -4.10. The number of carbonyl (C=O) groups is 2. The number of carbonyl (C=O) groups excluding carboxylic acids is 1. The molecule has 0 spiro atoms. The van der Waals surface area contributed by atoms with E-state index in [-0.39, 0.29) is 10.8 Å². The van der Waals surface area contributed by atoms with E-state index in [9.17, 15) is 14.7 Å². The summed E-state index contributed by atoms with van der Waals surface area (Å²) in [5.74, 6) is 0.0789. The van der Waals surface area contributed by atoms with Crippen LogP contribution in [0, 0.1) is 0 Å². The third-order valence-corrected chi connectivity index (χ3v) is 6.21. The third-order valence-electron chi connectivity index (χ3n) is 5.10. The maximum atomic E-state index is 13.1. The molecule has 7 heteroatoms. The van der Waals surface area contributed by atoms with Crippen molar-refractivity contribution in [3.05, 3.63) is 89.3 Å². The van der Waals surface area contributed by atoms with Crippen LogP contribution in [-0.2, 0) is 0 Å². The Balaban J connectivity index is 1.63. The van der Waals surface area contributed by atoms with Crippen LogP contribution in [-0.4, -0.2) is 31.2 Å². The van der Waals surface area contributed by atoms with Crippen molar-refractivity contribution < 1.29 is 24.2 Å². The van der Waals surface area contributed by atoms with Crippen LogP contribution in [0.4, 0.5) is 5.69 Å². The van der Waals surface area contributed by atoms with Gasteiger partial charge >= 0.3 is 5.97 Å². The second-order valence-corrected chi connectivity index (χ2v) is 8.20. The Morgan fingerprint density at radius 1 is 0.848 bits per heavy atom. The summed E-state index contributed by atoms with van der Waals surface area (Å²) < 4.78 is 10.8. The first kappa shape index (κ1) is 22.1. The Bertz CT molecular complexity index is 1330. The molecule has 6 nitrogen and oxygen atoms in total. The number of thiophene rings is 1. The lowest BCUT2D eigenvalue weighted by Gasteiger charge is -2.13. The summed E-state index contributed by atoms with van der Waals surface area (Å²) in [5.41, 5.74) is 3.52. The second kappa shape index (κ2) is 9.58. The normalized spacial score (nSPS) is 10.5. The summed E-state index contributed by atoms with van der Waals surface area (Å²) in [6.07, 6.45) is 0. The van der Waals surface area contributed by atoms with Crippen LogP contribution in [0.15, 0.2) is 78.9 Å². The van der Waals surface area contributed by atoms with Crippen molar-refractivity contribution in [1.29, 1.82) is 0 Å². The van der Waals surface area contributed by atoms with Crippen molar-refractivity contribution in [3.8, 4) is 33.1 Å². The number of rotatable bonds is 7. The lowest BCUT2D eigenvalue weighted by Crippen LogP contribution is -2.12. The molecule has 1 amide bonds. The van der Waals surface area contributed by atoms with E-state index in [1.807, 2.05) is 42.5 Å². The van der Waals surface area contributed by atoms with E-state index in [1.165, 1.54) is 0 Å². The number of benzene rings is 3. The Labute approximate surface area is 195 Å². The highest BCUT2D eigenvalue weighted by atomic mass is 32.1. The zero-order valence-corrected chi connectivity index (χ0v) is 18.8. The van der Waals surface area contributed by atoms with E-state index in [2.05, 4.69) is 5.32 Å². The van der Waals surface area contributed by atoms with Crippen LogP contribution < -0.4 is 14.8 Å². The number of amides is 1. The number of hydrogen-bond acceptors (Lipinski definition) is 5. The molecule has 0 aliphatic carbocycles. The van der Waals surface area contributed by atoms with Gasteiger partial charge in [-0.05, 0) is 48.0 Å². The van der Waals surface area contributed by atoms with Gasteiger partial charge < -0.3 is 19.9 Å². The first-order valence-corrected chi connectivity index (χ1v) is 10.9. The Morgan fingerprint density at radius 2 is 1.67 bits per heavy atom. The fraction of sp³-hybridized carbons (Fsp3) is 0.0769. The highest BCUT2D eigenvalue weighted by molar-refractivity contribution is 7.17. The molecule has 4 aromatic rings. The highest BCUT2D eigenvalue weighted by Crippen LogP contribution is 2.35. The minimum absolute atomic E-state index is 0.243. The summed E-state index contributed by atoms with van der Waals surface area (Å²) in [4.78, 5) is 25.4. The van der Waals surface area contributed by atoms with Crippen LogP contribution in [0.2, 0.25) is 0 Å². The van der Waals surface area contributed by atoms with Crippen molar-refractivity contribution in [1.82, 2.24) is 0 Å². The van der Waals surface area contributed by atoms with Crippen LogP contribution in [0.1, 0.15) is 20.0 Å². The van der Waals surface area contributed by atoms with Gasteiger partial charge in [0, 0.05) is 33.3 Å². The molecule has 0 fully saturated rings. The highest BCUT2D eigenvalue weighted by Gasteiger charge is 2.15. The predicted molar refractivity (Wildman–Crippen MR) is 130 cm³/mol. The smallest absolute Gasteiger partial charge is 0.345 e. The van der Waals surface area contributed by atoms with Crippen LogP contribution in [0.25, 0.3) is 21.6 Å². The fourth-order valence-corrected chi connectivity index (χ4v) is 4.35. The summed E-state index contributed by atoms with van der Waals surface area (Å²) >= 11 is 1.16. The molecule has 1 heterocycles. The molecule has 0 bridgehead atoms. The minimum Gasteiger partial charge on any atom is -0.497 e. The quantitative estimate of drug-likeness (QED) is 0.351. The summed E-state index contributed by atoms with van der Waals surface area (Å²) in [6.45, 7) is 0. The van der Waals surface area contributed by atoms with Crippen molar-refractivity contribution >= 4 is 28.9 Å². The van der Waals surface area contributed by atoms with E-state index in [4.69, 9.17) is 9.47 Å². The van der Waals surface area contributed by atoms with Crippen molar-refractivity contribution in [2.24, 2.45) is 0 Å². The van der Waals surface area contributed by atoms with Gasteiger partial charge in [0.1, 0.15) is 16.4 Å². The molecule has 0 aliphatic rings. The molecule has 2 N–H and O–H groups in total. The van der Waals surface area contributed by atoms with E-state index in [0.29, 0.717) is 22.7 Å². The monoisotopic (exact) mass is 459 g/mol. The van der Waals surface area contributed by atoms with Gasteiger partial charge in [0.05, 0.1) is 14.2 Å². The first-order valence-electron chi connectivity index (χ1n) is 10.1. The summed E-state index contributed by atoms with van der Waals surface area (Å²) in [5, 5.41) is 12.2. The zero-order valence-electron chi connectivity index (χ0n) is 18.0. The van der Waals surface area contributed by atoms with E-state index in [1.54, 1.807) is 50.6 Å². The number of methoxy groups -OCH3 is 2. The molecule has 33 heavy (non-hydrogen) atoms. The van der Waals surface area contributed by atoms with Crippen LogP contribution in [0.3, 0.4) is 0 Å². The van der Waals surface area contributed by atoms with Gasteiger partial charge in [-0.3, -0.25) is 4.79 Å². The molecule has 1 aromatic heterocycles. The average Bonchev–Trinajstić information content (AvgIpc) is 3.34. The van der Waals surface area contributed by atoms with Crippen molar-refractivity contribution in [3.63, 3.8) is 0 Å². The number of para-hydroxylation sites is 1. The van der Waals surface area contributed by atoms with E-state index < -0.39 is 5.97 Å². The maximum Gasteiger partial charge on any atom is 0.345 e. The molecule has 0 unspecified atom stereocenters. The molecular weight excluding hydrogens is 438 g/mol. The first-order chi connectivity index (χ1) is 16.0. The third kappa shape index (κ3) is 4.73. The molecule has 0 saturated carbocycles. The number of carboxylic acids is 1. The SMILES string of the molecule is COc1ccc(-c2cccc(C(=O)Nc3ccccc3-c3ccc(C(=O)O)s3)c2)c(OC)c1. The predicted octanol–water partition coefficient (Wildman–Crippen LogP) is 6.05. The number of nitrogens with one attached hydrogen (secondary N) is 1. The summed E-state index contributed by atoms with van der Waals surface area (Å²) in [7, 11) is 3.18. The van der Waals surface area contributed by atoms with Crippen LogP contribution in [0.5, 0.6) is 11.5 Å². The molecule has 0 aliphatic heterocycles. The minimum atomic E-state index is -0.974. The number of carboxylic acid groups (broad SMARTS) is 1. The van der Waals surface area contributed by atoms with Gasteiger partial charge in [-0.25, -0.2) is 4.79 Å². The molecule has 4 rings (SSSR count). The van der Waals surface area contributed by atoms with Gasteiger partial charge in [-0.15, -0.1) is 11.3 Å². The van der Waals surface area contributed by atoms with E-state index in [0.717, 1.165) is 32.9 Å². The van der Waals surface area contributed by atoms with Gasteiger partial charge in [-0.2, -0.15) is 0 Å². The standard InChI is InChI=1S/C26H21NO5S/c1-31-18-10-11-19(22(15-18)32-2)16-6-5-7-17(14-16)25(28)27-21-9-4-3-8-20(21)23-12-13-24(33-23)26(29)30/h3-15H,1-2H3,(H,27,28)(H,29,30). The number of aromatic carboxylic acids is 1. The lowest BCUT2D eigenvalue weighted by molar-refractivity contribution is 0.0702. The maximum absolute atomic E-state index is 13.1. The van der Waals surface area contributed by atoms with Crippen molar-refractivity contribution in [2.75, 3.05) is 19.5 Å². The zero-order chi connectivity index (χ0) is 23.4. The number of anilines is 1. The largest absolute Gasteiger partial charge is 0.497 e. The second-order valence-electron chi connectivity index (χ2n) is 7.12. The lowest BCUT2D eigenvalue weighted by atomic mass is 10.0. The molecule has 3 aromatic carbocycles. The van der Waals surface area contributed by atoms with Gasteiger partial charge in [-0.1, -0.05) is 30.3 Å². The Kier molecular flexibility index (Phi) is 6.42. The van der Waals surface area contributed by atoms with E-state index >= 15 is 0 Å². The topological polar surface area (TPSA) is 84.9 Å². The molecule has 0 atom stereocenters. The van der Waals surface area contributed by atoms with Crippen molar-refractivity contribution in [2.45, 2.75) is 0 Å². The van der Waals surface area contributed by atoms with Gasteiger partial charge in [0.2, 0.25) is 0 Å². The molecular formula is C26H21NO5S. The number of hydrogen-bond donors (Lipinski definition) is 2.